The molecule has 100 valence electrons. The van der Waals surface area contributed by atoms with Gasteiger partial charge in [-0.3, -0.25) is 4.98 Å². The molecule has 1 aromatic heterocycles. The van der Waals surface area contributed by atoms with E-state index < -0.39 is 0 Å². The minimum Gasteiger partial charge on any atom is -0.387 e. The van der Waals surface area contributed by atoms with Gasteiger partial charge in [-0.15, -0.1) is 0 Å². The van der Waals surface area contributed by atoms with Crippen molar-refractivity contribution in [2.75, 3.05) is 24.3 Å². The third-order valence-electron chi connectivity index (χ3n) is 3.91. The molecule has 1 heterocycles. The molecule has 0 bridgehead atoms. The Morgan fingerprint density at radius 1 is 1.39 bits per heavy atom. The molecule has 1 aliphatic carbocycles. The van der Waals surface area contributed by atoms with Gasteiger partial charge in [0.2, 0.25) is 0 Å². The minimum atomic E-state index is 0.172. The molecule has 1 aliphatic rings. The van der Waals surface area contributed by atoms with Crippen LogP contribution in [0.5, 0.6) is 0 Å². The summed E-state index contributed by atoms with van der Waals surface area (Å²) in [5.41, 5.74) is 2.26. The molecular formula is C14H23N3O. The number of rotatable bonds is 5. The molecule has 0 amide bonds. The van der Waals surface area contributed by atoms with Crippen LogP contribution in [0.25, 0.3) is 0 Å². The van der Waals surface area contributed by atoms with E-state index in [9.17, 15) is 0 Å². The molecule has 2 unspecified atom stereocenters. The number of pyridine rings is 1. The number of nitrogens with zero attached hydrogens (tertiary/aromatic N) is 1. The Kier molecular flexibility index (Phi) is 3.76. The molecule has 0 aliphatic heterocycles. The molecule has 0 saturated heterocycles. The second kappa shape index (κ2) is 5.14. The highest BCUT2D eigenvalue weighted by Crippen LogP contribution is 2.44. The Labute approximate surface area is 109 Å². The van der Waals surface area contributed by atoms with Crippen molar-refractivity contribution in [3.05, 3.63) is 18.5 Å². The van der Waals surface area contributed by atoms with Crippen LogP contribution in [0.2, 0.25) is 0 Å². The van der Waals surface area contributed by atoms with Crippen molar-refractivity contribution in [3.8, 4) is 0 Å². The van der Waals surface area contributed by atoms with Crippen LogP contribution >= 0.6 is 0 Å². The maximum Gasteiger partial charge on any atom is 0.0665 e. The summed E-state index contributed by atoms with van der Waals surface area (Å²) in [6.07, 6.45) is 5.11. The van der Waals surface area contributed by atoms with Gasteiger partial charge in [-0.05, 0) is 19.4 Å². The van der Waals surface area contributed by atoms with Crippen LogP contribution in [0.1, 0.15) is 27.2 Å². The van der Waals surface area contributed by atoms with Gasteiger partial charge in [0.1, 0.15) is 0 Å². The molecule has 0 aromatic carbocycles. The van der Waals surface area contributed by atoms with E-state index in [2.05, 4.69) is 42.5 Å². The summed E-state index contributed by atoms with van der Waals surface area (Å²) in [6.45, 7) is 7.35. The lowest BCUT2D eigenvalue weighted by Crippen LogP contribution is -2.58. The standard InChI is InChI=1S/C14H23N3O/c1-5-18-13-7-12(14(13,2)3)17-11-6-10(15-4)8-16-9-11/h6,8-9,12-13,15,17H,5,7H2,1-4H3. The smallest absolute Gasteiger partial charge is 0.0665 e. The fourth-order valence-corrected chi connectivity index (χ4v) is 2.47. The predicted octanol–water partition coefficient (Wildman–Crippen LogP) is 2.74. The molecule has 4 nitrogen and oxygen atoms in total. The quantitative estimate of drug-likeness (QED) is 0.842. The molecule has 1 aromatic rings. The fraction of sp³-hybridized carbons (Fsp3) is 0.643. The van der Waals surface area contributed by atoms with Crippen molar-refractivity contribution >= 4 is 11.4 Å². The van der Waals surface area contributed by atoms with Crippen molar-refractivity contribution in [2.45, 2.75) is 39.3 Å². The Morgan fingerprint density at radius 2 is 2.11 bits per heavy atom. The Bertz CT molecular complexity index is 406. The zero-order valence-electron chi connectivity index (χ0n) is 11.7. The van der Waals surface area contributed by atoms with Gasteiger partial charge in [0.05, 0.1) is 29.9 Å². The second-order valence-corrected chi connectivity index (χ2v) is 5.41. The molecule has 1 fully saturated rings. The van der Waals surface area contributed by atoms with Gasteiger partial charge in [-0.1, -0.05) is 13.8 Å². The first kappa shape index (κ1) is 13.1. The zero-order chi connectivity index (χ0) is 13.2. The molecule has 0 radical (unpaired) electrons. The van der Waals surface area contributed by atoms with Gasteiger partial charge in [0, 0.05) is 25.1 Å². The summed E-state index contributed by atoms with van der Waals surface area (Å²) in [6, 6.07) is 2.53. The molecule has 2 rings (SSSR count). The first-order chi connectivity index (χ1) is 8.57. The van der Waals surface area contributed by atoms with E-state index in [1.807, 2.05) is 19.4 Å². The SMILES string of the molecule is CCOC1CC(Nc2cncc(NC)c2)C1(C)C. The van der Waals surface area contributed by atoms with E-state index >= 15 is 0 Å². The predicted molar refractivity (Wildman–Crippen MR) is 75.0 cm³/mol. The first-order valence-corrected chi connectivity index (χ1v) is 6.59. The number of hydrogen-bond donors (Lipinski definition) is 2. The van der Waals surface area contributed by atoms with Gasteiger partial charge in [-0.25, -0.2) is 0 Å². The normalized spacial score (nSPS) is 25.3. The van der Waals surface area contributed by atoms with Crippen LogP contribution < -0.4 is 10.6 Å². The lowest BCUT2D eigenvalue weighted by Gasteiger charge is -2.52. The van der Waals surface area contributed by atoms with E-state index in [0.717, 1.165) is 24.4 Å². The van der Waals surface area contributed by atoms with Crippen LogP contribution in [0.4, 0.5) is 11.4 Å². The summed E-state index contributed by atoms with van der Waals surface area (Å²) < 4.78 is 5.74. The number of nitrogens with one attached hydrogen (secondary N) is 2. The minimum absolute atomic E-state index is 0.172. The average Bonchev–Trinajstić information content (AvgIpc) is 2.38. The number of ether oxygens (including phenoxy) is 1. The third kappa shape index (κ3) is 2.43. The number of anilines is 2. The Balaban J connectivity index is 1.98. The Hall–Kier alpha value is -1.29. The number of hydrogen-bond acceptors (Lipinski definition) is 4. The summed E-state index contributed by atoms with van der Waals surface area (Å²) in [4.78, 5) is 4.21. The van der Waals surface area contributed by atoms with Crippen LogP contribution in [0.3, 0.4) is 0 Å². The van der Waals surface area contributed by atoms with Crippen molar-refractivity contribution in [1.29, 1.82) is 0 Å². The van der Waals surface area contributed by atoms with Gasteiger partial charge in [-0.2, -0.15) is 0 Å². The largest absolute Gasteiger partial charge is 0.387 e. The van der Waals surface area contributed by atoms with Crippen LogP contribution in [-0.2, 0) is 4.74 Å². The van der Waals surface area contributed by atoms with E-state index in [1.165, 1.54) is 0 Å². The topological polar surface area (TPSA) is 46.2 Å². The van der Waals surface area contributed by atoms with Gasteiger partial charge in [0.25, 0.3) is 0 Å². The fourth-order valence-electron chi connectivity index (χ4n) is 2.47. The van der Waals surface area contributed by atoms with Crippen molar-refractivity contribution in [2.24, 2.45) is 5.41 Å². The van der Waals surface area contributed by atoms with Gasteiger partial charge < -0.3 is 15.4 Å². The summed E-state index contributed by atoms with van der Waals surface area (Å²) in [7, 11) is 1.90. The zero-order valence-corrected chi connectivity index (χ0v) is 11.7. The van der Waals surface area contributed by atoms with Crippen molar-refractivity contribution in [3.63, 3.8) is 0 Å². The lowest BCUT2D eigenvalue weighted by atomic mass is 9.64. The first-order valence-electron chi connectivity index (χ1n) is 6.59. The maximum atomic E-state index is 5.74. The molecule has 18 heavy (non-hydrogen) atoms. The lowest BCUT2D eigenvalue weighted by molar-refractivity contribution is -0.0976. The van der Waals surface area contributed by atoms with E-state index in [1.54, 1.807) is 0 Å². The molecule has 4 heteroatoms. The second-order valence-electron chi connectivity index (χ2n) is 5.41. The highest BCUT2D eigenvalue weighted by Gasteiger charge is 2.48. The number of aromatic nitrogens is 1. The van der Waals surface area contributed by atoms with Crippen LogP contribution in [-0.4, -0.2) is 30.8 Å². The summed E-state index contributed by atoms with van der Waals surface area (Å²) >= 11 is 0. The monoisotopic (exact) mass is 249 g/mol. The van der Waals surface area contributed by atoms with E-state index in [0.29, 0.717) is 12.1 Å². The average molecular weight is 249 g/mol. The van der Waals surface area contributed by atoms with Crippen molar-refractivity contribution < 1.29 is 4.74 Å². The molecule has 1 saturated carbocycles. The molecular weight excluding hydrogens is 226 g/mol. The molecule has 0 spiro atoms. The molecule has 2 atom stereocenters. The van der Waals surface area contributed by atoms with E-state index in [4.69, 9.17) is 4.74 Å². The van der Waals surface area contributed by atoms with Crippen LogP contribution in [0.15, 0.2) is 18.5 Å². The summed E-state index contributed by atoms with van der Waals surface area (Å²) in [5.74, 6) is 0. The third-order valence-corrected chi connectivity index (χ3v) is 3.91. The van der Waals surface area contributed by atoms with Gasteiger partial charge >= 0.3 is 0 Å². The molecule has 2 N–H and O–H groups in total. The Morgan fingerprint density at radius 3 is 2.72 bits per heavy atom. The van der Waals surface area contributed by atoms with Gasteiger partial charge in [0.15, 0.2) is 0 Å². The van der Waals surface area contributed by atoms with Crippen molar-refractivity contribution in [1.82, 2.24) is 4.98 Å². The maximum absolute atomic E-state index is 5.74. The highest BCUT2D eigenvalue weighted by atomic mass is 16.5. The summed E-state index contributed by atoms with van der Waals surface area (Å²) in [5, 5.41) is 6.65. The van der Waals surface area contributed by atoms with Crippen LogP contribution in [0, 0.1) is 5.41 Å². The van der Waals surface area contributed by atoms with E-state index in [-0.39, 0.29) is 5.41 Å². The highest BCUT2D eigenvalue weighted by molar-refractivity contribution is 5.54.